The average molecular weight is 268 g/mol. The van der Waals surface area contributed by atoms with Gasteiger partial charge in [0.2, 0.25) is 5.91 Å². The number of hydrogen-bond donors (Lipinski definition) is 2. The fraction of sp³-hybridized carbons (Fsp3) is 0.583. The van der Waals surface area contributed by atoms with E-state index in [4.69, 9.17) is 5.73 Å². The smallest absolute Gasteiger partial charge is 0.360 e. The number of hydrogen-bond acceptors (Lipinski definition) is 5. The minimum atomic E-state index is -0.603. The Morgan fingerprint density at radius 2 is 2.11 bits per heavy atom. The Bertz CT molecular complexity index is 482. The van der Waals surface area contributed by atoms with Crippen LogP contribution in [-0.4, -0.2) is 35.1 Å². The normalized spacial score (nSPS) is 12.0. The highest BCUT2D eigenvalue weighted by molar-refractivity contribution is 5.93. The van der Waals surface area contributed by atoms with E-state index in [2.05, 4.69) is 15.0 Å². The fourth-order valence-electron chi connectivity index (χ4n) is 1.86. The number of carbonyl (C=O) groups excluding carboxylic acids is 2. The molecule has 19 heavy (non-hydrogen) atoms. The van der Waals surface area contributed by atoms with E-state index >= 15 is 0 Å². The van der Waals surface area contributed by atoms with Crippen molar-refractivity contribution in [2.75, 3.05) is 19.4 Å². The van der Waals surface area contributed by atoms with Crippen molar-refractivity contribution in [3.8, 4) is 0 Å². The number of methoxy groups -OCH3 is 1. The zero-order valence-corrected chi connectivity index (χ0v) is 11.7. The average Bonchev–Trinajstić information content (AvgIpc) is 2.74. The fourth-order valence-corrected chi connectivity index (χ4v) is 1.86. The van der Waals surface area contributed by atoms with Gasteiger partial charge in [-0.15, -0.1) is 0 Å². The number of ether oxygens (including phenoxy) is 1. The first kappa shape index (κ1) is 15.0. The molecule has 1 heterocycles. The lowest BCUT2D eigenvalue weighted by Gasteiger charge is -2.16. The highest BCUT2D eigenvalue weighted by atomic mass is 16.5. The van der Waals surface area contributed by atoms with Gasteiger partial charge in [0, 0.05) is 13.0 Å². The number of anilines is 1. The molecule has 0 saturated heterocycles. The highest BCUT2D eigenvalue weighted by Crippen LogP contribution is 2.21. The summed E-state index contributed by atoms with van der Waals surface area (Å²) in [5.41, 5.74) is 5.96. The van der Waals surface area contributed by atoms with Gasteiger partial charge in [-0.2, -0.15) is 0 Å². The van der Waals surface area contributed by atoms with Crippen molar-refractivity contribution >= 4 is 17.7 Å². The number of nitrogens with zero attached hydrogens (tertiary/aromatic N) is 2. The number of imidazole rings is 1. The quantitative estimate of drug-likeness (QED) is 0.758. The number of nitrogens with one attached hydrogen (secondary N) is 1. The van der Waals surface area contributed by atoms with Gasteiger partial charge in [0.15, 0.2) is 5.69 Å². The van der Waals surface area contributed by atoms with Gasteiger partial charge in [0.1, 0.15) is 17.7 Å². The highest BCUT2D eigenvalue weighted by Gasteiger charge is 2.25. The summed E-state index contributed by atoms with van der Waals surface area (Å²) in [4.78, 5) is 27.6. The molecule has 0 fully saturated rings. The second kappa shape index (κ2) is 6.21. The Kier molecular flexibility index (Phi) is 4.91. The summed E-state index contributed by atoms with van der Waals surface area (Å²) >= 11 is 0. The molecule has 7 nitrogen and oxygen atoms in total. The molecule has 0 radical (unpaired) electrons. The van der Waals surface area contributed by atoms with E-state index in [1.54, 1.807) is 11.5 Å². The van der Waals surface area contributed by atoms with Crippen LogP contribution in [0.5, 0.6) is 0 Å². The van der Waals surface area contributed by atoms with Crippen LogP contribution in [0.1, 0.15) is 43.1 Å². The lowest BCUT2D eigenvalue weighted by Crippen LogP contribution is -2.32. The molecule has 0 bridgehead atoms. The Morgan fingerprint density at radius 3 is 2.58 bits per heavy atom. The Hall–Kier alpha value is -2.05. The van der Waals surface area contributed by atoms with Crippen LogP contribution in [0.2, 0.25) is 0 Å². The SMILES string of the molecule is CCNC(=O)C(C)n1c(CC)nc(C(=O)OC)c1N. The topological polar surface area (TPSA) is 99.2 Å². The van der Waals surface area contributed by atoms with Crippen molar-refractivity contribution < 1.29 is 14.3 Å². The third kappa shape index (κ3) is 2.86. The second-order valence-electron chi connectivity index (χ2n) is 4.05. The van der Waals surface area contributed by atoms with Crippen LogP contribution in [0.3, 0.4) is 0 Å². The van der Waals surface area contributed by atoms with Crippen molar-refractivity contribution in [3.05, 3.63) is 11.5 Å². The van der Waals surface area contributed by atoms with Crippen molar-refractivity contribution in [3.63, 3.8) is 0 Å². The Balaban J connectivity index is 3.22. The molecule has 0 aliphatic rings. The number of carbonyl (C=O) groups is 2. The molecule has 0 saturated carbocycles. The molecule has 3 N–H and O–H groups in total. The third-order valence-electron chi connectivity index (χ3n) is 2.83. The molecule has 1 amide bonds. The molecule has 1 rings (SSSR count). The van der Waals surface area contributed by atoms with Crippen molar-refractivity contribution in [1.82, 2.24) is 14.9 Å². The summed E-state index contributed by atoms with van der Waals surface area (Å²) in [6.45, 7) is 5.96. The summed E-state index contributed by atoms with van der Waals surface area (Å²) in [5.74, 6) is -0.0362. The summed E-state index contributed by atoms with van der Waals surface area (Å²) in [7, 11) is 1.26. The van der Waals surface area contributed by atoms with Crippen LogP contribution in [-0.2, 0) is 16.0 Å². The monoisotopic (exact) mass is 268 g/mol. The number of rotatable bonds is 5. The van der Waals surface area contributed by atoms with Crippen LogP contribution in [0.4, 0.5) is 5.82 Å². The van der Waals surface area contributed by atoms with Crippen molar-refractivity contribution in [1.29, 1.82) is 0 Å². The molecule has 7 heteroatoms. The number of nitrogens with two attached hydrogens (primary N) is 1. The summed E-state index contributed by atoms with van der Waals surface area (Å²) in [6.07, 6.45) is 0.560. The molecule has 1 unspecified atom stereocenters. The molecule has 1 aromatic rings. The lowest BCUT2D eigenvalue weighted by atomic mass is 10.3. The van der Waals surface area contributed by atoms with Gasteiger partial charge >= 0.3 is 5.97 Å². The molecule has 0 spiro atoms. The van der Waals surface area contributed by atoms with E-state index in [1.807, 2.05) is 13.8 Å². The molecule has 1 aromatic heterocycles. The first-order valence-corrected chi connectivity index (χ1v) is 6.20. The number of nitrogen functional groups attached to an aromatic ring is 1. The number of amides is 1. The summed E-state index contributed by atoms with van der Waals surface area (Å²) < 4.78 is 6.19. The standard InChI is InChI=1S/C12H20N4O3/c1-5-8-15-9(12(18)19-4)10(13)16(8)7(3)11(17)14-6-2/h7H,5-6,13H2,1-4H3,(H,14,17). The number of aryl methyl sites for hydroxylation is 1. The molecule has 0 aliphatic carbocycles. The summed E-state index contributed by atoms with van der Waals surface area (Å²) in [6, 6.07) is -0.527. The van der Waals surface area contributed by atoms with Gasteiger partial charge in [-0.1, -0.05) is 6.92 Å². The van der Waals surface area contributed by atoms with Crippen LogP contribution in [0, 0.1) is 0 Å². The van der Waals surface area contributed by atoms with Crippen molar-refractivity contribution in [2.45, 2.75) is 33.2 Å². The van der Waals surface area contributed by atoms with Crippen molar-refractivity contribution in [2.24, 2.45) is 0 Å². The first-order valence-electron chi connectivity index (χ1n) is 6.20. The molecule has 106 valence electrons. The number of aromatic nitrogens is 2. The van der Waals surface area contributed by atoms with Gasteiger partial charge in [-0.3, -0.25) is 4.79 Å². The molecule has 0 aromatic carbocycles. The predicted octanol–water partition coefficient (Wildman–Crippen LogP) is 0.511. The van der Waals surface area contributed by atoms with E-state index in [-0.39, 0.29) is 17.4 Å². The molecule has 0 aliphatic heterocycles. The second-order valence-corrected chi connectivity index (χ2v) is 4.05. The first-order chi connectivity index (χ1) is 8.97. The third-order valence-corrected chi connectivity index (χ3v) is 2.83. The lowest BCUT2D eigenvalue weighted by molar-refractivity contribution is -0.123. The van der Waals surface area contributed by atoms with E-state index < -0.39 is 12.0 Å². The van der Waals surface area contributed by atoms with Gasteiger partial charge in [0.05, 0.1) is 7.11 Å². The maximum absolute atomic E-state index is 11.9. The molecular weight excluding hydrogens is 248 g/mol. The largest absolute Gasteiger partial charge is 0.464 e. The van der Waals surface area contributed by atoms with Crippen LogP contribution in [0.15, 0.2) is 0 Å². The van der Waals surface area contributed by atoms with Gasteiger partial charge in [-0.25, -0.2) is 9.78 Å². The maximum atomic E-state index is 11.9. The zero-order chi connectivity index (χ0) is 14.6. The minimum absolute atomic E-state index is 0.0514. The minimum Gasteiger partial charge on any atom is -0.464 e. The zero-order valence-electron chi connectivity index (χ0n) is 11.7. The van der Waals surface area contributed by atoms with E-state index in [0.717, 1.165) is 0 Å². The molecule has 1 atom stereocenters. The van der Waals surface area contributed by atoms with Gasteiger partial charge in [0.25, 0.3) is 0 Å². The predicted molar refractivity (Wildman–Crippen MR) is 70.8 cm³/mol. The van der Waals surface area contributed by atoms with E-state index in [1.165, 1.54) is 7.11 Å². The van der Waals surface area contributed by atoms with Gasteiger partial charge < -0.3 is 20.4 Å². The van der Waals surface area contributed by atoms with Gasteiger partial charge in [-0.05, 0) is 13.8 Å². The van der Waals surface area contributed by atoms with E-state index in [0.29, 0.717) is 18.8 Å². The summed E-state index contributed by atoms with van der Waals surface area (Å²) in [5, 5.41) is 2.72. The number of esters is 1. The molecular formula is C12H20N4O3. The number of likely N-dealkylation sites (N-methyl/N-ethyl adjacent to an activating group) is 1. The van der Waals surface area contributed by atoms with Crippen LogP contribution >= 0.6 is 0 Å². The van der Waals surface area contributed by atoms with E-state index in [9.17, 15) is 9.59 Å². The Morgan fingerprint density at radius 1 is 1.47 bits per heavy atom. The van der Waals surface area contributed by atoms with Crippen LogP contribution < -0.4 is 11.1 Å². The maximum Gasteiger partial charge on any atom is 0.360 e. The van der Waals surface area contributed by atoms with Crippen LogP contribution in [0.25, 0.3) is 0 Å². The Labute approximate surface area is 112 Å².